The minimum absolute atomic E-state index is 0.541. The summed E-state index contributed by atoms with van der Waals surface area (Å²) in [4.78, 5) is 0. The summed E-state index contributed by atoms with van der Waals surface area (Å²) in [5.74, 6) is 0. The topological polar surface area (TPSA) is 32.3 Å². The summed E-state index contributed by atoms with van der Waals surface area (Å²) in [7, 11) is 0. The fourth-order valence-electron chi connectivity index (χ4n) is 3.42. The molecule has 0 bridgehead atoms. The normalized spacial score (nSPS) is 13.7. The van der Waals surface area contributed by atoms with Gasteiger partial charge in [0.05, 0.1) is 6.10 Å². The molecule has 0 aliphatic heterocycles. The molecule has 24 heavy (non-hydrogen) atoms. The number of aliphatic hydroxyl groups is 1. The van der Waals surface area contributed by atoms with Crippen LogP contribution < -0.4 is 5.32 Å². The van der Waals surface area contributed by atoms with Gasteiger partial charge in [-0.05, 0) is 71.5 Å². The van der Waals surface area contributed by atoms with E-state index in [2.05, 4.69) is 12.2 Å². The largest absolute Gasteiger partial charge is 0.387 e. The van der Waals surface area contributed by atoms with Crippen molar-refractivity contribution in [2.45, 2.75) is 38.7 Å². The molecule has 2 aromatic rings. The molecule has 0 fully saturated rings. The third-order valence-corrected chi connectivity index (χ3v) is 5.04. The zero-order chi connectivity index (χ0) is 17.1. The van der Waals surface area contributed by atoms with E-state index < -0.39 is 6.10 Å². The van der Waals surface area contributed by atoms with E-state index in [1.54, 1.807) is 0 Å². The molecule has 2 N–H and O–H groups in total. The SMILES string of the molecule is CCCCCNCC(O)c1cc(Cl)cc2c1-c1ccc(Cl)cc1C2. The van der Waals surface area contributed by atoms with Crippen LogP contribution in [0, 0.1) is 0 Å². The Hall–Kier alpha value is -1.06. The fourth-order valence-corrected chi connectivity index (χ4v) is 3.87. The first-order chi connectivity index (χ1) is 11.6. The van der Waals surface area contributed by atoms with Crippen molar-refractivity contribution in [3.8, 4) is 11.1 Å². The maximum absolute atomic E-state index is 10.7. The Morgan fingerprint density at radius 3 is 2.67 bits per heavy atom. The Bertz CT molecular complexity index is 730. The van der Waals surface area contributed by atoms with Gasteiger partial charge in [0.15, 0.2) is 0 Å². The fraction of sp³-hybridized carbons (Fsp3) is 0.400. The van der Waals surface area contributed by atoms with Crippen LogP contribution in [0.25, 0.3) is 11.1 Å². The molecule has 0 amide bonds. The molecule has 0 saturated carbocycles. The number of rotatable bonds is 7. The van der Waals surface area contributed by atoms with Crippen LogP contribution in [0.3, 0.4) is 0 Å². The molecule has 3 rings (SSSR count). The Morgan fingerprint density at radius 2 is 1.88 bits per heavy atom. The molecule has 0 saturated heterocycles. The van der Waals surface area contributed by atoms with Gasteiger partial charge in [0.1, 0.15) is 0 Å². The molecule has 0 spiro atoms. The van der Waals surface area contributed by atoms with E-state index in [1.807, 2.05) is 30.3 Å². The highest BCUT2D eigenvalue weighted by Gasteiger charge is 2.25. The minimum Gasteiger partial charge on any atom is -0.387 e. The molecule has 128 valence electrons. The van der Waals surface area contributed by atoms with Crippen molar-refractivity contribution < 1.29 is 5.11 Å². The van der Waals surface area contributed by atoms with E-state index in [0.29, 0.717) is 11.6 Å². The zero-order valence-electron chi connectivity index (χ0n) is 13.9. The molecule has 1 aliphatic carbocycles. The lowest BCUT2D eigenvalue weighted by Crippen LogP contribution is -2.23. The summed E-state index contributed by atoms with van der Waals surface area (Å²) in [5.41, 5.74) is 5.55. The van der Waals surface area contributed by atoms with Crippen LogP contribution in [-0.4, -0.2) is 18.2 Å². The maximum atomic E-state index is 10.7. The number of hydrogen-bond acceptors (Lipinski definition) is 2. The molecule has 4 heteroatoms. The third kappa shape index (κ3) is 3.78. The summed E-state index contributed by atoms with van der Waals surface area (Å²) in [6.45, 7) is 3.66. The van der Waals surface area contributed by atoms with Crippen molar-refractivity contribution in [3.05, 3.63) is 57.1 Å². The van der Waals surface area contributed by atoms with Gasteiger partial charge >= 0.3 is 0 Å². The van der Waals surface area contributed by atoms with Gasteiger partial charge in [-0.3, -0.25) is 0 Å². The van der Waals surface area contributed by atoms with Crippen LogP contribution in [0.5, 0.6) is 0 Å². The van der Waals surface area contributed by atoms with Crippen LogP contribution in [-0.2, 0) is 6.42 Å². The van der Waals surface area contributed by atoms with E-state index in [1.165, 1.54) is 24.0 Å². The highest BCUT2D eigenvalue weighted by atomic mass is 35.5. The van der Waals surface area contributed by atoms with Crippen LogP contribution >= 0.6 is 23.2 Å². The van der Waals surface area contributed by atoms with E-state index in [9.17, 15) is 5.11 Å². The average molecular weight is 364 g/mol. The van der Waals surface area contributed by atoms with Crippen LogP contribution in [0.2, 0.25) is 10.0 Å². The van der Waals surface area contributed by atoms with Gasteiger partial charge in [-0.2, -0.15) is 0 Å². The summed E-state index contributed by atoms with van der Waals surface area (Å²) < 4.78 is 0. The molecule has 0 radical (unpaired) electrons. The number of aliphatic hydroxyl groups excluding tert-OH is 1. The van der Waals surface area contributed by atoms with Gasteiger partial charge in [0.25, 0.3) is 0 Å². The van der Waals surface area contributed by atoms with Gasteiger partial charge in [-0.15, -0.1) is 0 Å². The van der Waals surface area contributed by atoms with Gasteiger partial charge in [-0.25, -0.2) is 0 Å². The molecule has 2 aromatic carbocycles. The number of nitrogens with one attached hydrogen (secondary N) is 1. The predicted molar refractivity (Wildman–Crippen MR) is 102 cm³/mol. The van der Waals surface area contributed by atoms with Crippen molar-refractivity contribution in [2.75, 3.05) is 13.1 Å². The summed E-state index contributed by atoms with van der Waals surface area (Å²) in [5, 5.41) is 15.5. The molecular formula is C20H23Cl2NO. The average Bonchev–Trinajstić information content (AvgIpc) is 2.90. The first-order valence-corrected chi connectivity index (χ1v) is 9.35. The number of hydrogen-bond donors (Lipinski definition) is 2. The van der Waals surface area contributed by atoms with Crippen LogP contribution in [0.15, 0.2) is 30.3 Å². The molecule has 0 heterocycles. The molecule has 0 aromatic heterocycles. The number of halogens is 2. The predicted octanol–water partition coefficient (Wildman–Crippen LogP) is 5.38. The third-order valence-electron chi connectivity index (χ3n) is 4.59. The Balaban J connectivity index is 1.83. The van der Waals surface area contributed by atoms with Gasteiger partial charge in [0.2, 0.25) is 0 Å². The van der Waals surface area contributed by atoms with Crippen molar-refractivity contribution in [3.63, 3.8) is 0 Å². The number of fused-ring (bicyclic) bond motifs is 3. The van der Waals surface area contributed by atoms with Crippen molar-refractivity contribution in [2.24, 2.45) is 0 Å². The van der Waals surface area contributed by atoms with E-state index in [-0.39, 0.29) is 0 Å². The van der Waals surface area contributed by atoms with Gasteiger partial charge < -0.3 is 10.4 Å². The zero-order valence-corrected chi connectivity index (χ0v) is 15.4. The minimum atomic E-state index is -0.569. The Kier molecular flexibility index (Phi) is 5.83. The second kappa shape index (κ2) is 7.88. The molecular weight excluding hydrogens is 341 g/mol. The Morgan fingerprint density at radius 1 is 1.08 bits per heavy atom. The standard InChI is InChI=1S/C20H23Cl2NO/c1-2-3-4-7-23-12-19(24)18-11-16(22)10-14-8-13-9-15(21)5-6-17(13)20(14)18/h5-6,9-11,19,23-24H,2-4,7-8,12H2,1H3. The molecule has 1 atom stereocenters. The Labute approximate surface area is 153 Å². The summed E-state index contributed by atoms with van der Waals surface area (Å²) in [6.07, 6.45) is 3.80. The summed E-state index contributed by atoms with van der Waals surface area (Å²) in [6, 6.07) is 9.84. The lowest BCUT2D eigenvalue weighted by molar-refractivity contribution is 0.175. The number of benzene rings is 2. The summed E-state index contributed by atoms with van der Waals surface area (Å²) >= 11 is 12.4. The monoisotopic (exact) mass is 363 g/mol. The smallest absolute Gasteiger partial charge is 0.0920 e. The van der Waals surface area contributed by atoms with Crippen molar-refractivity contribution in [1.29, 1.82) is 0 Å². The molecule has 1 aliphatic rings. The van der Waals surface area contributed by atoms with Crippen molar-refractivity contribution >= 4 is 23.2 Å². The second-order valence-electron chi connectivity index (χ2n) is 6.43. The van der Waals surface area contributed by atoms with Crippen LogP contribution in [0.4, 0.5) is 0 Å². The van der Waals surface area contributed by atoms with Crippen molar-refractivity contribution in [1.82, 2.24) is 5.32 Å². The first-order valence-electron chi connectivity index (χ1n) is 8.60. The lowest BCUT2D eigenvalue weighted by atomic mass is 9.95. The van der Waals surface area contributed by atoms with E-state index >= 15 is 0 Å². The number of unbranched alkanes of at least 4 members (excludes halogenated alkanes) is 2. The lowest BCUT2D eigenvalue weighted by Gasteiger charge is -2.17. The van der Waals surface area contributed by atoms with E-state index in [0.717, 1.165) is 41.1 Å². The molecule has 2 nitrogen and oxygen atoms in total. The van der Waals surface area contributed by atoms with Gasteiger partial charge in [0, 0.05) is 16.6 Å². The van der Waals surface area contributed by atoms with Crippen LogP contribution in [0.1, 0.15) is 49.0 Å². The highest BCUT2D eigenvalue weighted by Crippen LogP contribution is 2.43. The second-order valence-corrected chi connectivity index (χ2v) is 7.31. The maximum Gasteiger partial charge on any atom is 0.0920 e. The quantitative estimate of drug-likeness (QED) is 0.552. The first kappa shape index (κ1) is 17.8. The molecule has 1 unspecified atom stereocenters. The van der Waals surface area contributed by atoms with E-state index in [4.69, 9.17) is 23.2 Å². The highest BCUT2D eigenvalue weighted by molar-refractivity contribution is 6.31. The van der Waals surface area contributed by atoms with Gasteiger partial charge in [-0.1, -0.05) is 49.0 Å².